The van der Waals surface area contributed by atoms with Crippen LogP contribution in [0.1, 0.15) is 39.0 Å². The molecule has 0 unspecified atom stereocenters. The number of carbonyl (C=O) groups excluding carboxylic acids is 1. The van der Waals surface area contributed by atoms with Crippen LogP contribution >= 0.6 is 0 Å². The van der Waals surface area contributed by atoms with Crippen molar-refractivity contribution in [2.24, 2.45) is 0 Å². The van der Waals surface area contributed by atoms with E-state index in [4.69, 9.17) is 0 Å². The van der Waals surface area contributed by atoms with Gasteiger partial charge in [0.2, 0.25) is 0 Å². The van der Waals surface area contributed by atoms with Gasteiger partial charge >= 0.3 is 0 Å². The van der Waals surface area contributed by atoms with Crippen molar-refractivity contribution < 1.29 is 4.79 Å². The molecule has 0 fully saturated rings. The summed E-state index contributed by atoms with van der Waals surface area (Å²) in [6.07, 6.45) is 5.96. The molecular formula is C10H19NO. The minimum Gasteiger partial charge on any atom is -0.389 e. The smallest absolute Gasteiger partial charge is 0.119 e. The van der Waals surface area contributed by atoms with Crippen LogP contribution in [0.3, 0.4) is 0 Å². The number of rotatable bonds is 8. The van der Waals surface area contributed by atoms with E-state index in [2.05, 4.69) is 18.8 Å². The molecule has 1 N–H and O–H groups in total. The normalized spacial score (nSPS) is 9.42. The fraction of sp³-hybridized carbons (Fsp3) is 0.700. The predicted octanol–water partition coefficient (Wildman–Crippen LogP) is 2.26. The van der Waals surface area contributed by atoms with Crippen LogP contribution in [0.2, 0.25) is 0 Å². The Kier molecular flexibility index (Phi) is 7.76. The third kappa shape index (κ3) is 7.32. The predicted molar refractivity (Wildman–Crippen MR) is 52.0 cm³/mol. The van der Waals surface area contributed by atoms with E-state index >= 15 is 0 Å². The van der Waals surface area contributed by atoms with Gasteiger partial charge in [-0.25, -0.2) is 0 Å². The molecule has 0 radical (unpaired) electrons. The molecule has 0 amide bonds. The summed E-state index contributed by atoms with van der Waals surface area (Å²) in [5, 5.41) is 3.23. The first-order valence-corrected chi connectivity index (χ1v) is 4.66. The van der Waals surface area contributed by atoms with Crippen LogP contribution in [0.5, 0.6) is 0 Å². The average Bonchev–Trinajstić information content (AvgIpc) is 2.10. The summed E-state index contributed by atoms with van der Waals surface area (Å²) in [5.41, 5.74) is 1.10. The second kappa shape index (κ2) is 8.31. The summed E-state index contributed by atoms with van der Waals surface area (Å²) < 4.78 is 0. The van der Waals surface area contributed by atoms with Crippen LogP contribution in [0.4, 0.5) is 0 Å². The second-order valence-corrected chi connectivity index (χ2v) is 2.90. The molecule has 0 aliphatic carbocycles. The number of hydrogen-bond acceptors (Lipinski definition) is 2. The quantitative estimate of drug-likeness (QED) is 0.446. The van der Waals surface area contributed by atoms with E-state index in [-0.39, 0.29) is 0 Å². The minimum absolute atomic E-state index is 0.703. The molecular weight excluding hydrogens is 150 g/mol. The molecule has 0 atom stereocenters. The summed E-state index contributed by atoms with van der Waals surface area (Å²) in [7, 11) is 0. The summed E-state index contributed by atoms with van der Waals surface area (Å²) >= 11 is 0. The largest absolute Gasteiger partial charge is 0.389 e. The average molecular weight is 169 g/mol. The van der Waals surface area contributed by atoms with Gasteiger partial charge in [0.1, 0.15) is 6.29 Å². The molecule has 2 heteroatoms. The highest BCUT2D eigenvalue weighted by molar-refractivity contribution is 5.48. The molecule has 12 heavy (non-hydrogen) atoms. The maximum atomic E-state index is 9.96. The molecule has 0 aromatic heterocycles. The first kappa shape index (κ1) is 11.2. The Morgan fingerprint density at radius 3 is 2.75 bits per heavy atom. The fourth-order valence-corrected chi connectivity index (χ4v) is 0.920. The van der Waals surface area contributed by atoms with Gasteiger partial charge in [-0.05, 0) is 19.3 Å². The molecule has 0 rings (SSSR count). The maximum absolute atomic E-state index is 9.96. The Hall–Kier alpha value is -0.790. The van der Waals surface area contributed by atoms with Crippen LogP contribution in [-0.4, -0.2) is 12.8 Å². The molecule has 0 aromatic rings. The number of hydrogen-bond donors (Lipinski definition) is 1. The third-order valence-corrected chi connectivity index (χ3v) is 1.80. The maximum Gasteiger partial charge on any atom is 0.119 e. The highest BCUT2D eigenvalue weighted by Crippen LogP contribution is 1.97. The Bertz CT molecular complexity index is 132. The van der Waals surface area contributed by atoms with Crippen LogP contribution < -0.4 is 5.32 Å². The van der Waals surface area contributed by atoms with E-state index in [0.717, 1.165) is 44.2 Å². The van der Waals surface area contributed by atoms with Gasteiger partial charge in [0.25, 0.3) is 0 Å². The van der Waals surface area contributed by atoms with Crippen molar-refractivity contribution in [2.75, 3.05) is 6.54 Å². The summed E-state index contributed by atoms with van der Waals surface area (Å²) in [5.74, 6) is 0. The van der Waals surface area contributed by atoms with E-state index in [1.807, 2.05) is 0 Å². The third-order valence-electron chi connectivity index (χ3n) is 1.80. The van der Waals surface area contributed by atoms with Crippen LogP contribution in [0.15, 0.2) is 12.3 Å². The Balaban J connectivity index is 3.00. The number of allylic oxidation sites excluding steroid dienone is 1. The van der Waals surface area contributed by atoms with Crippen molar-refractivity contribution in [1.82, 2.24) is 5.32 Å². The van der Waals surface area contributed by atoms with Crippen molar-refractivity contribution >= 4 is 6.29 Å². The standard InChI is InChI=1S/C10H19NO/c1-3-10(2)11-8-6-4-5-7-9-12/h9,11H,2-8H2,1H3. The number of nitrogens with one attached hydrogen (secondary N) is 1. The number of carbonyl (C=O) groups is 1. The molecule has 0 spiro atoms. The highest BCUT2D eigenvalue weighted by atomic mass is 16.1. The van der Waals surface area contributed by atoms with Gasteiger partial charge in [-0.3, -0.25) is 0 Å². The van der Waals surface area contributed by atoms with Crippen LogP contribution in [0, 0.1) is 0 Å². The van der Waals surface area contributed by atoms with Crippen LogP contribution in [-0.2, 0) is 4.79 Å². The monoisotopic (exact) mass is 169 g/mol. The molecule has 0 saturated carbocycles. The molecule has 0 aromatic carbocycles. The lowest BCUT2D eigenvalue weighted by molar-refractivity contribution is -0.107. The Morgan fingerprint density at radius 2 is 2.17 bits per heavy atom. The van der Waals surface area contributed by atoms with Gasteiger partial charge in [0.05, 0.1) is 0 Å². The van der Waals surface area contributed by atoms with Gasteiger partial charge in [0.15, 0.2) is 0 Å². The lowest BCUT2D eigenvalue weighted by Gasteiger charge is -2.05. The highest BCUT2D eigenvalue weighted by Gasteiger charge is 1.90. The minimum atomic E-state index is 0.703. The molecule has 70 valence electrons. The van der Waals surface area contributed by atoms with Crippen molar-refractivity contribution in [3.63, 3.8) is 0 Å². The molecule has 0 saturated heterocycles. The number of unbranched alkanes of at least 4 members (excludes halogenated alkanes) is 3. The molecule has 0 bridgehead atoms. The Labute approximate surface area is 75.0 Å². The zero-order valence-electron chi connectivity index (χ0n) is 7.94. The van der Waals surface area contributed by atoms with Gasteiger partial charge in [0, 0.05) is 18.7 Å². The van der Waals surface area contributed by atoms with Crippen molar-refractivity contribution in [3.05, 3.63) is 12.3 Å². The van der Waals surface area contributed by atoms with E-state index in [1.54, 1.807) is 0 Å². The lowest BCUT2D eigenvalue weighted by Crippen LogP contribution is -2.12. The van der Waals surface area contributed by atoms with Crippen molar-refractivity contribution in [1.29, 1.82) is 0 Å². The van der Waals surface area contributed by atoms with Gasteiger partial charge < -0.3 is 10.1 Å². The van der Waals surface area contributed by atoms with Crippen molar-refractivity contribution in [3.8, 4) is 0 Å². The van der Waals surface area contributed by atoms with Gasteiger partial charge in [-0.2, -0.15) is 0 Å². The van der Waals surface area contributed by atoms with Crippen LogP contribution in [0.25, 0.3) is 0 Å². The van der Waals surface area contributed by atoms with E-state index < -0.39 is 0 Å². The topological polar surface area (TPSA) is 29.1 Å². The lowest BCUT2D eigenvalue weighted by atomic mass is 10.2. The molecule has 0 aliphatic heterocycles. The van der Waals surface area contributed by atoms with E-state index in [1.165, 1.54) is 0 Å². The number of aldehydes is 1. The van der Waals surface area contributed by atoms with Gasteiger partial charge in [-0.1, -0.05) is 19.9 Å². The summed E-state index contributed by atoms with van der Waals surface area (Å²) in [4.78, 5) is 9.96. The summed E-state index contributed by atoms with van der Waals surface area (Å²) in [6, 6.07) is 0. The first-order valence-electron chi connectivity index (χ1n) is 4.66. The molecule has 0 heterocycles. The second-order valence-electron chi connectivity index (χ2n) is 2.90. The summed E-state index contributed by atoms with van der Waals surface area (Å²) in [6.45, 7) is 6.92. The first-order chi connectivity index (χ1) is 5.81. The fourth-order valence-electron chi connectivity index (χ4n) is 0.920. The zero-order valence-corrected chi connectivity index (χ0v) is 7.94. The molecule has 2 nitrogen and oxygen atoms in total. The molecule has 0 aliphatic rings. The SMILES string of the molecule is C=C(CC)NCCCCCC=O. The van der Waals surface area contributed by atoms with Crippen molar-refractivity contribution in [2.45, 2.75) is 39.0 Å². The Morgan fingerprint density at radius 1 is 1.42 bits per heavy atom. The van der Waals surface area contributed by atoms with E-state index in [0.29, 0.717) is 6.42 Å². The van der Waals surface area contributed by atoms with E-state index in [9.17, 15) is 4.79 Å². The van der Waals surface area contributed by atoms with Gasteiger partial charge in [-0.15, -0.1) is 0 Å². The zero-order chi connectivity index (χ0) is 9.23.